The number of rotatable bonds is 6. The van der Waals surface area contributed by atoms with Gasteiger partial charge >= 0.3 is 0 Å². The standard InChI is InChI=1S/C19H20OS/c1-15(16(2)21-18-11-7-4-8-12-18)19(20)14-13-17-9-5-3-6-10-17/h3-15,19-20H,2H2,1H3/b14-13+. The molecule has 0 saturated carbocycles. The van der Waals surface area contributed by atoms with Crippen molar-refractivity contribution in [3.63, 3.8) is 0 Å². The minimum absolute atomic E-state index is 0.00447. The van der Waals surface area contributed by atoms with Gasteiger partial charge in [0, 0.05) is 10.8 Å². The van der Waals surface area contributed by atoms with E-state index in [0.29, 0.717) is 0 Å². The first-order valence-corrected chi connectivity index (χ1v) is 7.81. The summed E-state index contributed by atoms with van der Waals surface area (Å²) < 4.78 is 0. The zero-order chi connectivity index (χ0) is 15.1. The van der Waals surface area contributed by atoms with Gasteiger partial charge in [-0.15, -0.1) is 0 Å². The number of benzene rings is 2. The Morgan fingerprint density at radius 2 is 1.62 bits per heavy atom. The van der Waals surface area contributed by atoms with Crippen molar-refractivity contribution in [1.29, 1.82) is 0 Å². The van der Waals surface area contributed by atoms with Crippen molar-refractivity contribution in [2.24, 2.45) is 5.92 Å². The van der Waals surface area contributed by atoms with E-state index in [1.54, 1.807) is 11.8 Å². The van der Waals surface area contributed by atoms with Crippen LogP contribution in [0.2, 0.25) is 0 Å². The third-order valence-electron chi connectivity index (χ3n) is 3.30. The molecule has 0 saturated heterocycles. The summed E-state index contributed by atoms with van der Waals surface area (Å²) in [6.45, 7) is 6.09. The molecule has 2 aromatic carbocycles. The van der Waals surface area contributed by atoms with Crippen LogP contribution in [0.15, 0.2) is 83.1 Å². The number of aliphatic hydroxyl groups is 1. The first kappa shape index (κ1) is 15.6. The van der Waals surface area contributed by atoms with Crippen molar-refractivity contribution in [1.82, 2.24) is 0 Å². The van der Waals surface area contributed by atoms with Gasteiger partial charge < -0.3 is 5.11 Å². The highest BCUT2D eigenvalue weighted by atomic mass is 32.2. The van der Waals surface area contributed by atoms with E-state index in [0.717, 1.165) is 15.4 Å². The normalized spacial score (nSPS) is 14.0. The molecule has 2 heteroatoms. The summed E-state index contributed by atoms with van der Waals surface area (Å²) in [7, 11) is 0. The molecule has 0 fully saturated rings. The maximum Gasteiger partial charge on any atom is 0.0794 e. The van der Waals surface area contributed by atoms with Gasteiger partial charge in [-0.25, -0.2) is 0 Å². The highest BCUT2D eigenvalue weighted by Gasteiger charge is 2.15. The van der Waals surface area contributed by atoms with E-state index in [2.05, 4.69) is 18.7 Å². The number of hydrogen-bond donors (Lipinski definition) is 1. The van der Waals surface area contributed by atoms with Gasteiger partial charge in [-0.2, -0.15) is 0 Å². The quantitative estimate of drug-likeness (QED) is 0.757. The van der Waals surface area contributed by atoms with Gasteiger partial charge in [0.1, 0.15) is 0 Å². The van der Waals surface area contributed by atoms with Crippen LogP contribution in [0.25, 0.3) is 6.08 Å². The van der Waals surface area contributed by atoms with Crippen molar-refractivity contribution in [2.75, 3.05) is 0 Å². The lowest BCUT2D eigenvalue weighted by molar-refractivity contribution is 0.184. The molecule has 0 aliphatic rings. The summed E-state index contributed by atoms with van der Waals surface area (Å²) in [5.41, 5.74) is 1.09. The molecule has 0 aliphatic carbocycles. The van der Waals surface area contributed by atoms with Gasteiger partial charge in [0.15, 0.2) is 0 Å². The third kappa shape index (κ3) is 4.92. The Labute approximate surface area is 131 Å². The zero-order valence-electron chi connectivity index (χ0n) is 12.1. The average Bonchev–Trinajstić information content (AvgIpc) is 2.53. The lowest BCUT2D eigenvalue weighted by Gasteiger charge is -2.18. The van der Waals surface area contributed by atoms with Crippen LogP contribution in [0.1, 0.15) is 12.5 Å². The van der Waals surface area contributed by atoms with Crippen LogP contribution in [-0.2, 0) is 0 Å². The maximum absolute atomic E-state index is 10.3. The minimum atomic E-state index is -0.533. The second-order valence-electron chi connectivity index (χ2n) is 4.93. The minimum Gasteiger partial charge on any atom is -0.388 e. The molecular formula is C19H20OS. The lowest BCUT2D eigenvalue weighted by atomic mass is 10.0. The van der Waals surface area contributed by atoms with Crippen LogP contribution in [0, 0.1) is 5.92 Å². The Kier molecular flexibility index (Phi) is 5.85. The summed E-state index contributed by atoms with van der Waals surface area (Å²) in [5, 5.41) is 10.3. The molecule has 21 heavy (non-hydrogen) atoms. The monoisotopic (exact) mass is 296 g/mol. The van der Waals surface area contributed by atoms with Crippen molar-refractivity contribution in [3.8, 4) is 0 Å². The van der Waals surface area contributed by atoms with Gasteiger partial charge in [0.25, 0.3) is 0 Å². The Balaban J connectivity index is 1.94. The summed E-state index contributed by atoms with van der Waals surface area (Å²) in [4.78, 5) is 2.11. The van der Waals surface area contributed by atoms with E-state index < -0.39 is 6.10 Å². The first-order valence-electron chi connectivity index (χ1n) is 7.00. The molecule has 0 aromatic heterocycles. The molecule has 1 nitrogen and oxygen atoms in total. The van der Waals surface area contributed by atoms with Crippen LogP contribution in [0.4, 0.5) is 0 Å². The van der Waals surface area contributed by atoms with Crippen molar-refractivity contribution in [3.05, 3.63) is 83.8 Å². The number of thioether (sulfide) groups is 1. The lowest BCUT2D eigenvalue weighted by Crippen LogP contribution is -2.15. The smallest absolute Gasteiger partial charge is 0.0794 e. The molecule has 2 aromatic rings. The Bertz CT molecular complexity index is 589. The molecular weight excluding hydrogens is 276 g/mol. The van der Waals surface area contributed by atoms with Gasteiger partial charge in [-0.3, -0.25) is 0 Å². The molecule has 2 unspecified atom stereocenters. The van der Waals surface area contributed by atoms with Gasteiger partial charge in [0.2, 0.25) is 0 Å². The predicted molar refractivity (Wildman–Crippen MR) is 92.1 cm³/mol. The molecule has 0 radical (unpaired) electrons. The van der Waals surface area contributed by atoms with E-state index in [9.17, 15) is 5.11 Å². The topological polar surface area (TPSA) is 20.2 Å². The molecule has 0 aliphatic heterocycles. The van der Waals surface area contributed by atoms with Crippen molar-refractivity contribution < 1.29 is 5.11 Å². The fourth-order valence-electron chi connectivity index (χ4n) is 1.86. The van der Waals surface area contributed by atoms with Gasteiger partial charge in [-0.1, -0.05) is 85.9 Å². The van der Waals surface area contributed by atoms with E-state index >= 15 is 0 Å². The Morgan fingerprint density at radius 3 is 2.24 bits per heavy atom. The highest BCUT2D eigenvalue weighted by Crippen LogP contribution is 2.32. The van der Waals surface area contributed by atoms with E-state index in [-0.39, 0.29) is 5.92 Å². The fraction of sp³-hybridized carbons (Fsp3) is 0.158. The second kappa shape index (κ2) is 7.87. The van der Waals surface area contributed by atoms with E-state index in [1.807, 2.05) is 67.6 Å². The molecule has 2 atom stereocenters. The summed E-state index contributed by atoms with van der Waals surface area (Å²) in [5.74, 6) is -0.00447. The number of hydrogen-bond acceptors (Lipinski definition) is 2. The molecule has 2 rings (SSSR count). The molecule has 0 heterocycles. The largest absolute Gasteiger partial charge is 0.388 e. The van der Waals surface area contributed by atoms with E-state index in [4.69, 9.17) is 0 Å². The average molecular weight is 296 g/mol. The summed E-state index contributed by atoms with van der Waals surface area (Å²) >= 11 is 1.61. The third-order valence-corrected chi connectivity index (χ3v) is 4.44. The Hall–Kier alpha value is -1.77. The molecule has 0 bridgehead atoms. The van der Waals surface area contributed by atoms with Crippen LogP contribution in [0.3, 0.4) is 0 Å². The van der Waals surface area contributed by atoms with Crippen LogP contribution in [-0.4, -0.2) is 11.2 Å². The molecule has 108 valence electrons. The van der Waals surface area contributed by atoms with E-state index in [1.165, 1.54) is 0 Å². The predicted octanol–water partition coefficient (Wildman–Crippen LogP) is 5.00. The summed E-state index contributed by atoms with van der Waals surface area (Å²) in [6, 6.07) is 20.1. The van der Waals surface area contributed by atoms with Crippen LogP contribution in [0.5, 0.6) is 0 Å². The number of aliphatic hydroxyl groups excluding tert-OH is 1. The second-order valence-corrected chi connectivity index (χ2v) is 6.13. The fourth-order valence-corrected chi connectivity index (χ4v) is 2.79. The highest BCUT2D eigenvalue weighted by molar-refractivity contribution is 8.03. The molecule has 1 N–H and O–H groups in total. The van der Waals surface area contributed by atoms with Crippen molar-refractivity contribution >= 4 is 17.8 Å². The molecule has 0 spiro atoms. The van der Waals surface area contributed by atoms with Crippen LogP contribution >= 0.6 is 11.8 Å². The van der Waals surface area contributed by atoms with Gasteiger partial charge in [0.05, 0.1) is 6.10 Å². The first-order chi connectivity index (χ1) is 10.2. The Morgan fingerprint density at radius 1 is 1.05 bits per heavy atom. The van der Waals surface area contributed by atoms with Gasteiger partial charge in [-0.05, 0) is 22.6 Å². The van der Waals surface area contributed by atoms with Crippen molar-refractivity contribution in [2.45, 2.75) is 17.9 Å². The summed E-state index contributed by atoms with van der Waals surface area (Å²) in [6.07, 6.45) is 3.24. The van der Waals surface area contributed by atoms with Crippen LogP contribution < -0.4 is 0 Å². The maximum atomic E-state index is 10.3. The molecule has 0 amide bonds. The SMILES string of the molecule is C=C(Sc1ccccc1)C(C)C(O)/C=C/c1ccccc1. The zero-order valence-corrected chi connectivity index (χ0v) is 13.0.